The predicted octanol–water partition coefficient (Wildman–Crippen LogP) is 3.18. The number of thiophene rings is 1. The maximum absolute atomic E-state index is 5.71. The Kier molecular flexibility index (Phi) is 3.94. The van der Waals surface area contributed by atoms with Gasteiger partial charge < -0.3 is 9.73 Å². The number of fused-ring (bicyclic) bond motifs is 1. The lowest BCUT2D eigenvalue weighted by Gasteiger charge is -1.93. The van der Waals surface area contributed by atoms with Crippen molar-refractivity contribution in [2.24, 2.45) is 0 Å². The average molecular weight is 277 g/mol. The molecule has 102 valence electrons. The lowest BCUT2D eigenvalue weighted by molar-refractivity contribution is 0.483. The molecule has 1 aliphatic rings. The third kappa shape index (κ3) is 2.87. The van der Waals surface area contributed by atoms with Crippen molar-refractivity contribution in [2.45, 2.75) is 45.6 Å². The van der Waals surface area contributed by atoms with Crippen LogP contribution in [0.25, 0.3) is 10.8 Å². The van der Waals surface area contributed by atoms with Gasteiger partial charge in [-0.25, -0.2) is 0 Å². The Bertz CT molecular complexity index is 523. The van der Waals surface area contributed by atoms with E-state index >= 15 is 0 Å². The van der Waals surface area contributed by atoms with Crippen LogP contribution in [-0.2, 0) is 19.4 Å². The highest BCUT2D eigenvalue weighted by Crippen LogP contribution is 2.34. The number of aryl methyl sites for hydroxylation is 2. The summed E-state index contributed by atoms with van der Waals surface area (Å²) in [5.74, 6) is 1.34. The van der Waals surface area contributed by atoms with E-state index in [2.05, 4.69) is 28.5 Å². The number of nitrogens with one attached hydrogen (secondary N) is 1. The first-order chi connectivity index (χ1) is 9.36. The minimum Gasteiger partial charge on any atom is -0.419 e. The zero-order valence-corrected chi connectivity index (χ0v) is 12.1. The Hall–Kier alpha value is -1.20. The monoisotopic (exact) mass is 277 g/mol. The van der Waals surface area contributed by atoms with Crippen LogP contribution in [0, 0.1) is 0 Å². The van der Waals surface area contributed by atoms with Gasteiger partial charge in [0.1, 0.15) is 0 Å². The van der Waals surface area contributed by atoms with Gasteiger partial charge in [-0.3, -0.25) is 0 Å². The van der Waals surface area contributed by atoms with Crippen molar-refractivity contribution in [2.75, 3.05) is 6.54 Å². The molecule has 0 saturated heterocycles. The number of aromatic nitrogens is 2. The van der Waals surface area contributed by atoms with Gasteiger partial charge in [0.05, 0.1) is 11.4 Å². The zero-order chi connectivity index (χ0) is 13.1. The molecule has 1 N–H and O–H groups in total. The first-order valence-corrected chi connectivity index (χ1v) is 7.83. The summed E-state index contributed by atoms with van der Waals surface area (Å²) >= 11 is 1.82. The van der Waals surface area contributed by atoms with E-state index in [0.717, 1.165) is 11.4 Å². The first-order valence-electron chi connectivity index (χ1n) is 7.02. The molecule has 0 aliphatic heterocycles. The van der Waals surface area contributed by atoms with E-state index in [0.29, 0.717) is 18.3 Å². The Morgan fingerprint density at radius 1 is 1.26 bits per heavy atom. The molecule has 2 aromatic heterocycles. The summed E-state index contributed by atoms with van der Waals surface area (Å²) in [5.41, 5.74) is 1.49. The smallest absolute Gasteiger partial charge is 0.257 e. The maximum Gasteiger partial charge on any atom is 0.257 e. The van der Waals surface area contributed by atoms with Crippen molar-refractivity contribution in [3.05, 3.63) is 22.4 Å². The second-order valence-electron chi connectivity index (χ2n) is 4.90. The minimum atomic E-state index is 0.647. The van der Waals surface area contributed by atoms with Gasteiger partial charge in [-0.15, -0.1) is 21.5 Å². The lowest BCUT2D eigenvalue weighted by atomic mass is 10.1. The summed E-state index contributed by atoms with van der Waals surface area (Å²) in [6.07, 6.45) is 6.37. The molecular formula is C14H19N3OS. The Balaban J connectivity index is 1.80. The molecule has 2 aromatic rings. The van der Waals surface area contributed by atoms with Gasteiger partial charge >= 0.3 is 0 Å². The highest BCUT2D eigenvalue weighted by atomic mass is 32.1. The first kappa shape index (κ1) is 12.8. The second-order valence-corrected chi connectivity index (χ2v) is 6.04. The third-order valence-electron chi connectivity index (χ3n) is 3.45. The van der Waals surface area contributed by atoms with Crippen LogP contribution in [-0.4, -0.2) is 16.7 Å². The van der Waals surface area contributed by atoms with Crippen LogP contribution in [0.3, 0.4) is 0 Å². The van der Waals surface area contributed by atoms with Gasteiger partial charge in [-0.1, -0.05) is 13.3 Å². The molecule has 2 heterocycles. The normalized spacial score (nSPS) is 15.2. The van der Waals surface area contributed by atoms with E-state index in [4.69, 9.17) is 4.42 Å². The van der Waals surface area contributed by atoms with Crippen molar-refractivity contribution in [3.8, 4) is 10.8 Å². The summed E-state index contributed by atoms with van der Waals surface area (Å²) in [5, 5.41) is 11.4. The standard InChI is InChI=1S/C14H19N3OS/c1-2-15-9-13-16-17-14(18-13)12-8-10-6-4-3-5-7-11(10)19-12/h8,15H,2-7,9H2,1H3. The topological polar surface area (TPSA) is 51.0 Å². The molecule has 0 unspecified atom stereocenters. The van der Waals surface area contributed by atoms with Gasteiger partial charge in [0.2, 0.25) is 5.89 Å². The number of hydrogen-bond donors (Lipinski definition) is 1. The zero-order valence-electron chi connectivity index (χ0n) is 11.2. The molecule has 0 spiro atoms. The SMILES string of the molecule is CCNCc1nnc(-c2cc3c(s2)CCCCC3)o1. The van der Waals surface area contributed by atoms with Crippen molar-refractivity contribution in [3.63, 3.8) is 0 Å². The van der Waals surface area contributed by atoms with Gasteiger partial charge in [-0.2, -0.15) is 0 Å². The molecule has 1 aliphatic carbocycles. The molecule has 0 atom stereocenters. The summed E-state index contributed by atoms with van der Waals surface area (Å²) in [6.45, 7) is 3.62. The van der Waals surface area contributed by atoms with Crippen LogP contribution < -0.4 is 5.32 Å². The van der Waals surface area contributed by atoms with Crippen LogP contribution in [0.15, 0.2) is 10.5 Å². The van der Waals surface area contributed by atoms with Crippen molar-refractivity contribution in [1.29, 1.82) is 0 Å². The van der Waals surface area contributed by atoms with Gasteiger partial charge in [0.25, 0.3) is 5.89 Å². The van der Waals surface area contributed by atoms with Crippen molar-refractivity contribution in [1.82, 2.24) is 15.5 Å². The highest BCUT2D eigenvalue weighted by Gasteiger charge is 2.16. The summed E-state index contributed by atoms with van der Waals surface area (Å²) in [6, 6.07) is 2.25. The van der Waals surface area contributed by atoms with Gasteiger partial charge in [0, 0.05) is 4.88 Å². The quantitative estimate of drug-likeness (QED) is 0.872. The molecule has 0 saturated carbocycles. The summed E-state index contributed by atoms with van der Waals surface area (Å²) in [4.78, 5) is 2.64. The largest absolute Gasteiger partial charge is 0.419 e. The fourth-order valence-corrected chi connectivity index (χ4v) is 3.60. The fourth-order valence-electron chi connectivity index (χ4n) is 2.43. The summed E-state index contributed by atoms with van der Waals surface area (Å²) < 4.78 is 5.71. The van der Waals surface area contributed by atoms with E-state index < -0.39 is 0 Å². The molecule has 0 bridgehead atoms. The molecular weight excluding hydrogens is 258 g/mol. The van der Waals surface area contributed by atoms with Crippen LogP contribution in [0.5, 0.6) is 0 Å². The molecule has 4 nitrogen and oxygen atoms in total. The predicted molar refractivity (Wildman–Crippen MR) is 76.3 cm³/mol. The summed E-state index contributed by atoms with van der Waals surface area (Å²) in [7, 11) is 0. The Labute approximate surface area is 117 Å². The van der Waals surface area contributed by atoms with Crippen molar-refractivity contribution < 1.29 is 4.42 Å². The van der Waals surface area contributed by atoms with E-state index in [-0.39, 0.29) is 0 Å². The van der Waals surface area contributed by atoms with E-state index in [9.17, 15) is 0 Å². The molecule has 19 heavy (non-hydrogen) atoms. The molecule has 0 amide bonds. The highest BCUT2D eigenvalue weighted by molar-refractivity contribution is 7.15. The van der Waals surface area contributed by atoms with Crippen LogP contribution in [0.2, 0.25) is 0 Å². The molecule has 5 heteroatoms. The number of nitrogens with zero attached hydrogens (tertiary/aromatic N) is 2. The number of hydrogen-bond acceptors (Lipinski definition) is 5. The molecule has 3 rings (SSSR count). The average Bonchev–Trinajstić information content (AvgIpc) is 2.99. The molecule has 0 aromatic carbocycles. The minimum absolute atomic E-state index is 0.647. The molecule has 0 fully saturated rings. The fraction of sp³-hybridized carbons (Fsp3) is 0.571. The third-order valence-corrected chi connectivity index (χ3v) is 4.68. The van der Waals surface area contributed by atoms with Crippen LogP contribution in [0.1, 0.15) is 42.5 Å². The second kappa shape index (κ2) is 5.84. The van der Waals surface area contributed by atoms with E-state index in [1.165, 1.54) is 42.5 Å². The van der Waals surface area contributed by atoms with Crippen molar-refractivity contribution >= 4 is 11.3 Å². The Morgan fingerprint density at radius 2 is 2.16 bits per heavy atom. The van der Waals surface area contributed by atoms with E-state index in [1.807, 2.05) is 11.3 Å². The number of rotatable bonds is 4. The maximum atomic E-state index is 5.71. The van der Waals surface area contributed by atoms with Gasteiger partial charge in [0.15, 0.2) is 0 Å². The van der Waals surface area contributed by atoms with Gasteiger partial charge in [-0.05, 0) is 43.9 Å². The van der Waals surface area contributed by atoms with Crippen LogP contribution in [0.4, 0.5) is 0 Å². The molecule has 0 radical (unpaired) electrons. The Morgan fingerprint density at radius 3 is 3.05 bits per heavy atom. The lowest BCUT2D eigenvalue weighted by Crippen LogP contribution is -2.11. The van der Waals surface area contributed by atoms with Crippen LogP contribution >= 0.6 is 11.3 Å². The van der Waals surface area contributed by atoms with E-state index in [1.54, 1.807) is 0 Å².